The molecule has 8 heteroatoms. The molecular formula is C15H12BrN3O3S. The summed E-state index contributed by atoms with van der Waals surface area (Å²) in [6, 6.07) is 6.21. The summed E-state index contributed by atoms with van der Waals surface area (Å²) in [4.78, 5) is 24.4. The van der Waals surface area contributed by atoms with Gasteiger partial charge in [0.1, 0.15) is 10.6 Å². The Balaban J connectivity index is 1.91. The topological polar surface area (TPSA) is 85.1 Å². The summed E-state index contributed by atoms with van der Waals surface area (Å²) in [5.74, 6) is -0.361. The van der Waals surface area contributed by atoms with Crippen LogP contribution in [0.25, 0.3) is 11.0 Å². The smallest absolute Gasteiger partial charge is 0.293 e. The van der Waals surface area contributed by atoms with Crippen LogP contribution in [0.15, 0.2) is 37.9 Å². The highest BCUT2D eigenvalue weighted by atomic mass is 79.9. The van der Waals surface area contributed by atoms with Gasteiger partial charge in [0.2, 0.25) is 5.13 Å². The number of carbonyl (C=O) groups excluding carboxylic acids is 1. The van der Waals surface area contributed by atoms with Gasteiger partial charge in [0, 0.05) is 16.5 Å². The summed E-state index contributed by atoms with van der Waals surface area (Å²) in [6.45, 7) is 3.99. The van der Waals surface area contributed by atoms with E-state index in [-0.39, 0.29) is 17.1 Å². The summed E-state index contributed by atoms with van der Waals surface area (Å²) >= 11 is 4.59. The number of nitrogens with zero attached hydrogens (tertiary/aromatic N) is 2. The molecule has 6 nitrogen and oxygen atoms in total. The average Bonchev–Trinajstić information content (AvgIpc) is 2.96. The second-order valence-electron chi connectivity index (χ2n) is 5.17. The zero-order valence-corrected chi connectivity index (χ0v) is 14.7. The molecule has 118 valence electrons. The third-order valence-electron chi connectivity index (χ3n) is 3.07. The van der Waals surface area contributed by atoms with Crippen molar-refractivity contribution in [1.82, 2.24) is 10.2 Å². The van der Waals surface area contributed by atoms with Crippen LogP contribution in [0, 0.1) is 0 Å². The summed E-state index contributed by atoms with van der Waals surface area (Å²) < 4.78 is 6.28. The summed E-state index contributed by atoms with van der Waals surface area (Å²) in [5.41, 5.74) is 0.0730. The molecule has 0 fully saturated rings. The van der Waals surface area contributed by atoms with E-state index in [0.717, 1.165) is 9.48 Å². The maximum Gasteiger partial charge on any atom is 0.293 e. The van der Waals surface area contributed by atoms with E-state index in [1.165, 1.54) is 17.4 Å². The number of hydrogen-bond acceptors (Lipinski definition) is 6. The van der Waals surface area contributed by atoms with Crippen LogP contribution in [0.1, 0.15) is 35.3 Å². The van der Waals surface area contributed by atoms with Crippen molar-refractivity contribution in [2.24, 2.45) is 0 Å². The fourth-order valence-electron chi connectivity index (χ4n) is 1.92. The zero-order chi connectivity index (χ0) is 16.6. The first-order valence-electron chi connectivity index (χ1n) is 6.82. The van der Waals surface area contributed by atoms with E-state index in [9.17, 15) is 9.59 Å². The number of benzene rings is 1. The number of halogens is 1. The highest BCUT2D eigenvalue weighted by Crippen LogP contribution is 2.23. The molecule has 2 aromatic heterocycles. The first-order chi connectivity index (χ1) is 10.9. The molecule has 0 aliphatic rings. The van der Waals surface area contributed by atoms with Gasteiger partial charge in [-0.05, 0) is 18.2 Å². The van der Waals surface area contributed by atoms with Crippen molar-refractivity contribution in [3.05, 3.63) is 49.7 Å². The predicted molar refractivity (Wildman–Crippen MR) is 92.1 cm³/mol. The Bertz CT molecular complexity index is 949. The van der Waals surface area contributed by atoms with E-state index >= 15 is 0 Å². The quantitative estimate of drug-likeness (QED) is 0.731. The molecule has 0 saturated heterocycles. The Morgan fingerprint density at radius 1 is 1.30 bits per heavy atom. The molecule has 0 spiro atoms. The van der Waals surface area contributed by atoms with E-state index in [1.54, 1.807) is 18.2 Å². The monoisotopic (exact) mass is 393 g/mol. The van der Waals surface area contributed by atoms with E-state index in [1.807, 2.05) is 13.8 Å². The van der Waals surface area contributed by atoms with Crippen molar-refractivity contribution in [3.63, 3.8) is 0 Å². The number of amides is 1. The van der Waals surface area contributed by atoms with Crippen LogP contribution in [-0.2, 0) is 0 Å². The number of nitrogens with one attached hydrogen (secondary N) is 1. The summed E-state index contributed by atoms with van der Waals surface area (Å²) in [7, 11) is 0. The SMILES string of the molecule is CC(C)c1nnc(NC(=O)c2cc(=O)c3cc(Br)ccc3o2)s1. The van der Waals surface area contributed by atoms with Crippen LogP contribution in [0.5, 0.6) is 0 Å². The Morgan fingerprint density at radius 2 is 2.09 bits per heavy atom. The van der Waals surface area contributed by atoms with Gasteiger partial charge in [-0.25, -0.2) is 0 Å². The van der Waals surface area contributed by atoms with Gasteiger partial charge in [0.05, 0.1) is 5.39 Å². The largest absolute Gasteiger partial charge is 0.451 e. The first kappa shape index (κ1) is 15.8. The minimum Gasteiger partial charge on any atom is -0.451 e. The Hall–Kier alpha value is -2.06. The van der Waals surface area contributed by atoms with Crippen molar-refractivity contribution < 1.29 is 9.21 Å². The van der Waals surface area contributed by atoms with Crippen molar-refractivity contribution in [2.75, 3.05) is 5.32 Å². The standard InChI is InChI=1S/C15H12BrN3O3S/c1-7(2)14-18-19-15(23-14)17-13(21)12-6-10(20)9-5-8(16)3-4-11(9)22-12/h3-7H,1-2H3,(H,17,19,21). The van der Waals surface area contributed by atoms with Gasteiger partial charge in [0.25, 0.3) is 5.91 Å². The van der Waals surface area contributed by atoms with Gasteiger partial charge in [-0.3, -0.25) is 14.9 Å². The van der Waals surface area contributed by atoms with Crippen LogP contribution >= 0.6 is 27.3 Å². The molecule has 0 unspecified atom stereocenters. The van der Waals surface area contributed by atoms with Crippen LogP contribution in [-0.4, -0.2) is 16.1 Å². The van der Waals surface area contributed by atoms with Crippen LogP contribution in [0.4, 0.5) is 5.13 Å². The van der Waals surface area contributed by atoms with Crippen LogP contribution in [0.2, 0.25) is 0 Å². The second kappa shape index (κ2) is 6.21. The predicted octanol–water partition coefficient (Wildman–Crippen LogP) is 3.78. The lowest BCUT2D eigenvalue weighted by Gasteiger charge is -2.03. The van der Waals surface area contributed by atoms with Crippen molar-refractivity contribution in [3.8, 4) is 0 Å². The fourth-order valence-corrected chi connectivity index (χ4v) is 3.02. The van der Waals surface area contributed by atoms with Crippen LogP contribution < -0.4 is 10.7 Å². The van der Waals surface area contributed by atoms with Gasteiger partial charge < -0.3 is 4.42 Å². The molecule has 1 N–H and O–H groups in total. The molecule has 3 aromatic rings. The summed E-state index contributed by atoms with van der Waals surface area (Å²) in [6.07, 6.45) is 0. The maximum atomic E-state index is 12.2. The number of aromatic nitrogens is 2. The average molecular weight is 394 g/mol. The lowest BCUT2D eigenvalue weighted by atomic mass is 10.2. The van der Waals surface area contributed by atoms with Crippen molar-refractivity contribution >= 4 is 49.3 Å². The van der Waals surface area contributed by atoms with Gasteiger partial charge in [-0.15, -0.1) is 10.2 Å². The number of anilines is 1. The Morgan fingerprint density at radius 3 is 2.78 bits per heavy atom. The van der Waals surface area contributed by atoms with Gasteiger partial charge in [-0.1, -0.05) is 41.1 Å². The third-order valence-corrected chi connectivity index (χ3v) is 4.70. The van der Waals surface area contributed by atoms with Crippen LogP contribution in [0.3, 0.4) is 0 Å². The maximum absolute atomic E-state index is 12.2. The first-order valence-corrected chi connectivity index (χ1v) is 8.43. The lowest BCUT2D eigenvalue weighted by molar-refractivity contribution is 0.0997. The Labute approximate surface area is 143 Å². The minimum atomic E-state index is -0.529. The molecule has 0 aliphatic heterocycles. The molecule has 0 bridgehead atoms. The number of fused-ring (bicyclic) bond motifs is 1. The molecule has 3 rings (SSSR count). The van der Waals surface area contributed by atoms with Gasteiger partial charge >= 0.3 is 0 Å². The molecule has 1 aromatic carbocycles. The molecule has 1 amide bonds. The molecule has 0 aliphatic carbocycles. The molecule has 0 saturated carbocycles. The normalized spacial score (nSPS) is 11.1. The number of hydrogen-bond donors (Lipinski definition) is 1. The van der Waals surface area contributed by atoms with Crippen molar-refractivity contribution in [1.29, 1.82) is 0 Å². The zero-order valence-electron chi connectivity index (χ0n) is 12.3. The highest BCUT2D eigenvalue weighted by molar-refractivity contribution is 9.10. The molecule has 23 heavy (non-hydrogen) atoms. The van der Waals surface area contributed by atoms with Crippen molar-refractivity contribution in [2.45, 2.75) is 19.8 Å². The lowest BCUT2D eigenvalue weighted by Crippen LogP contribution is -2.14. The third kappa shape index (κ3) is 3.32. The number of rotatable bonds is 3. The molecule has 2 heterocycles. The van der Waals surface area contributed by atoms with E-state index < -0.39 is 5.91 Å². The van der Waals surface area contributed by atoms with E-state index in [2.05, 4.69) is 31.4 Å². The van der Waals surface area contributed by atoms with E-state index in [0.29, 0.717) is 16.1 Å². The molecule has 0 radical (unpaired) electrons. The van der Waals surface area contributed by atoms with Gasteiger partial charge in [0.15, 0.2) is 11.2 Å². The highest BCUT2D eigenvalue weighted by Gasteiger charge is 2.15. The Kier molecular flexibility index (Phi) is 4.27. The van der Waals surface area contributed by atoms with E-state index in [4.69, 9.17) is 4.42 Å². The van der Waals surface area contributed by atoms with Gasteiger partial charge in [-0.2, -0.15) is 0 Å². The second-order valence-corrected chi connectivity index (χ2v) is 7.09. The molecular weight excluding hydrogens is 382 g/mol. The molecule has 0 atom stereocenters. The number of carbonyl (C=O) groups is 1. The summed E-state index contributed by atoms with van der Waals surface area (Å²) in [5, 5.41) is 12.1. The minimum absolute atomic E-state index is 0.0638. The fraction of sp³-hybridized carbons (Fsp3) is 0.200.